The lowest BCUT2D eigenvalue weighted by Gasteiger charge is -2.30. The minimum atomic E-state index is -0.837. The summed E-state index contributed by atoms with van der Waals surface area (Å²) in [6.45, 7) is 12.1. The Kier molecular flexibility index (Phi) is 5.83. The number of carboxylic acid groups (broad SMARTS) is 1. The molecule has 0 aromatic heterocycles. The first kappa shape index (κ1) is 18.0. The van der Waals surface area contributed by atoms with E-state index in [0.29, 0.717) is 17.8 Å². The number of aliphatic carboxylic acids is 1. The molecular formula is C17H31NO3. The lowest BCUT2D eigenvalue weighted by molar-refractivity contribution is -0.140. The maximum Gasteiger partial charge on any atom is 0.303 e. The van der Waals surface area contributed by atoms with E-state index in [4.69, 9.17) is 5.11 Å². The van der Waals surface area contributed by atoms with Crippen LogP contribution in [0, 0.1) is 16.7 Å². The fourth-order valence-corrected chi connectivity index (χ4v) is 3.20. The number of amides is 1. The third-order valence-electron chi connectivity index (χ3n) is 4.57. The molecule has 4 nitrogen and oxygen atoms in total. The highest BCUT2D eigenvalue weighted by Gasteiger charge is 2.31. The van der Waals surface area contributed by atoms with Crippen molar-refractivity contribution in [3.05, 3.63) is 0 Å². The van der Waals surface area contributed by atoms with Gasteiger partial charge in [0.25, 0.3) is 0 Å². The summed E-state index contributed by atoms with van der Waals surface area (Å²) in [4.78, 5) is 25.2. The first-order valence-corrected chi connectivity index (χ1v) is 8.01. The van der Waals surface area contributed by atoms with Gasteiger partial charge in [0.05, 0.1) is 6.42 Å². The molecule has 0 spiro atoms. The van der Waals surface area contributed by atoms with Gasteiger partial charge in [-0.25, -0.2) is 0 Å². The zero-order valence-corrected chi connectivity index (χ0v) is 14.2. The Morgan fingerprint density at radius 3 is 2.19 bits per heavy atom. The van der Waals surface area contributed by atoms with E-state index < -0.39 is 11.4 Å². The summed E-state index contributed by atoms with van der Waals surface area (Å²) in [6.07, 6.45) is 3.63. The average molecular weight is 297 g/mol. The largest absolute Gasteiger partial charge is 0.481 e. The number of likely N-dealkylation sites (tertiary alicyclic amines) is 1. The van der Waals surface area contributed by atoms with Gasteiger partial charge in [-0.15, -0.1) is 0 Å². The van der Waals surface area contributed by atoms with E-state index in [1.165, 1.54) is 6.42 Å². The molecule has 1 saturated heterocycles. The lowest BCUT2D eigenvalue weighted by Crippen LogP contribution is -2.36. The SMILES string of the molecule is CC(C)(CC(=O)O)CC(=O)N1CCCC(C(C)(C)C)CC1. The van der Waals surface area contributed by atoms with Crippen molar-refractivity contribution in [2.75, 3.05) is 13.1 Å². The molecule has 1 heterocycles. The van der Waals surface area contributed by atoms with E-state index >= 15 is 0 Å². The van der Waals surface area contributed by atoms with Crippen LogP contribution < -0.4 is 0 Å². The minimum absolute atomic E-state index is 0.0389. The van der Waals surface area contributed by atoms with Crippen LogP contribution in [-0.4, -0.2) is 35.0 Å². The molecular weight excluding hydrogens is 266 g/mol. The second kappa shape index (κ2) is 6.80. The highest BCUT2D eigenvalue weighted by Crippen LogP contribution is 2.35. The Morgan fingerprint density at radius 2 is 1.67 bits per heavy atom. The Bertz CT molecular complexity index is 382. The Morgan fingerprint density at radius 1 is 1.05 bits per heavy atom. The van der Waals surface area contributed by atoms with Crippen molar-refractivity contribution in [1.29, 1.82) is 0 Å². The van der Waals surface area contributed by atoms with Crippen LogP contribution in [0.2, 0.25) is 0 Å². The minimum Gasteiger partial charge on any atom is -0.481 e. The van der Waals surface area contributed by atoms with Crippen molar-refractivity contribution in [3.8, 4) is 0 Å². The van der Waals surface area contributed by atoms with E-state index in [-0.39, 0.29) is 12.3 Å². The second-order valence-corrected chi connectivity index (χ2v) is 8.29. The van der Waals surface area contributed by atoms with Crippen molar-refractivity contribution in [2.24, 2.45) is 16.7 Å². The smallest absolute Gasteiger partial charge is 0.303 e. The van der Waals surface area contributed by atoms with Crippen molar-refractivity contribution >= 4 is 11.9 Å². The van der Waals surface area contributed by atoms with E-state index in [1.807, 2.05) is 18.7 Å². The van der Waals surface area contributed by atoms with E-state index in [2.05, 4.69) is 20.8 Å². The number of carbonyl (C=O) groups is 2. The highest BCUT2D eigenvalue weighted by molar-refractivity contribution is 5.78. The van der Waals surface area contributed by atoms with Gasteiger partial charge in [0.1, 0.15) is 0 Å². The number of hydrogen-bond acceptors (Lipinski definition) is 2. The molecule has 0 bridgehead atoms. The van der Waals surface area contributed by atoms with Crippen LogP contribution in [0.1, 0.15) is 66.7 Å². The fraction of sp³-hybridized carbons (Fsp3) is 0.882. The molecule has 1 N–H and O–H groups in total. The molecule has 1 aliphatic rings. The molecule has 1 fully saturated rings. The molecule has 21 heavy (non-hydrogen) atoms. The molecule has 122 valence electrons. The summed E-state index contributed by atoms with van der Waals surface area (Å²) >= 11 is 0. The molecule has 0 aromatic carbocycles. The zero-order chi connectivity index (χ0) is 16.3. The highest BCUT2D eigenvalue weighted by atomic mass is 16.4. The average Bonchev–Trinajstić information content (AvgIpc) is 2.50. The molecule has 0 saturated carbocycles. The third-order valence-corrected chi connectivity index (χ3v) is 4.57. The summed E-state index contributed by atoms with van der Waals surface area (Å²) in [7, 11) is 0. The predicted molar refractivity (Wildman–Crippen MR) is 84.0 cm³/mol. The normalized spacial score (nSPS) is 21.0. The van der Waals surface area contributed by atoms with Gasteiger partial charge in [-0.1, -0.05) is 34.6 Å². The monoisotopic (exact) mass is 297 g/mol. The van der Waals surface area contributed by atoms with Crippen LogP contribution in [0.3, 0.4) is 0 Å². The summed E-state index contributed by atoms with van der Waals surface area (Å²) < 4.78 is 0. The molecule has 1 amide bonds. The van der Waals surface area contributed by atoms with Crippen molar-refractivity contribution in [1.82, 2.24) is 4.90 Å². The van der Waals surface area contributed by atoms with Gasteiger partial charge in [0.2, 0.25) is 5.91 Å². The van der Waals surface area contributed by atoms with Gasteiger partial charge in [-0.3, -0.25) is 9.59 Å². The van der Waals surface area contributed by atoms with Gasteiger partial charge in [0, 0.05) is 19.5 Å². The Hall–Kier alpha value is -1.06. The Balaban J connectivity index is 2.58. The quantitative estimate of drug-likeness (QED) is 0.863. The first-order valence-electron chi connectivity index (χ1n) is 8.01. The van der Waals surface area contributed by atoms with Gasteiger partial charge in [-0.05, 0) is 36.0 Å². The summed E-state index contributed by atoms with van der Waals surface area (Å²) in [5.41, 5.74) is -0.180. The van der Waals surface area contributed by atoms with Crippen LogP contribution >= 0.6 is 0 Å². The molecule has 1 unspecified atom stereocenters. The summed E-state index contributed by atoms with van der Waals surface area (Å²) in [6, 6.07) is 0. The Labute approximate surface area is 128 Å². The molecule has 0 radical (unpaired) electrons. The van der Waals surface area contributed by atoms with Crippen molar-refractivity contribution in [2.45, 2.75) is 66.7 Å². The predicted octanol–water partition coefficient (Wildman–Crippen LogP) is 3.55. The number of carbonyl (C=O) groups excluding carboxylic acids is 1. The van der Waals surface area contributed by atoms with E-state index in [0.717, 1.165) is 25.9 Å². The molecule has 1 aliphatic heterocycles. The topological polar surface area (TPSA) is 57.6 Å². The van der Waals surface area contributed by atoms with Crippen molar-refractivity contribution < 1.29 is 14.7 Å². The number of rotatable bonds is 4. The lowest BCUT2D eigenvalue weighted by atomic mass is 9.77. The van der Waals surface area contributed by atoms with Crippen molar-refractivity contribution in [3.63, 3.8) is 0 Å². The van der Waals surface area contributed by atoms with E-state index in [9.17, 15) is 9.59 Å². The molecule has 0 aromatic rings. The maximum atomic E-state index is 12.4. The van der Waals surface area contributed by atoms with Gasteiger partial charge in [-0.2, -0.15) is 0 Å². The molecule has 0 aliphatic carbocycles. The van der Waals surface area contributed by atoms with Gasteiger partial charge >= 0.3 is 5.97 Å². The molecule has 4 heteroatoms. The maximum absolute atomic E-state index is 12.4. The molecule has 1 atom stereocenters. The van der Waals surface area contributed by atoms with E-state index in [1.54, 1.807) is 0 Å². The number of nitrogens with zero attached hydrogens (tertiary/aromatic N) is 1. The van der Waals surface area contributed by atoms with Crippen LogP contribution in [0.5, 0.6) is 0 Å². The van der Waals surface area contributed by atoms with Gasteiger partial charge < -0.3 is 10.0 Å². The summed E-state index contributed by atoms with van der Waals surface area (Å²) in [5.74, 6) is -0.0744. The fourth-order valence-electron chi connectivity index (χ4n) is 3.20. The first-order chi connectivity index (χ1) is 9.51. The van der Waals surface area contributed by atoms with Crippen LogP contribution in [0.15, 0.2) is 0 Å². The third kappa shape index (κ3) is 6.06. The van der Waals surface area contributed by atoms with Crippen LogP contribution in [-0.2, 0) is 9.59 Å². The second-order valence-electron chi connectivity index (χ2n) is 8.29. The molecule has 1 rings (SSSR count). The summed E-state index contributed by atoms with van der Waals surface area (Å²) in [5, 5.41) is 8.92. The van der Waals surface area contributed by atoms with Gasteiger partial charge in [0.15, 0.2) is 0 Å². The van der Waals surface area contributed by atoms with Crippen LogP contribution in [0.4, 0.5) is 0 Å². The zero-order valence-electron chi connectivity index (χ0n) is 14.2. The standard InChI is InChI=1S/C17H31NO3/c1-16(2,3)13-7-6-9-18(10-8-13)14(19)11-17(4,5)12-15(20)21/h13H,6-12H2,1-5H3,(H,20,21). The number of hydrogen-bond donors (Lipinski definition) is 1. The van der Waals surface area contributed by atoms with Crippen LogP contribution in [0.25, 0.3) is 0 Å². The number of carboxylic acids is 1.